The number of rotatable bonds is 1. The van der Waals surface area contributed by atoms with E-state index in [2.05, 4.69) is 4.98 Å². The fourth-order valence-corrected chi connectivity index (χ4v) is 3.25. The fraction of sp³-hybridized carbons (Fsp3) is 0.615. The van der Waals surface area contributed by atoms with Crippen molar-refractivity contribution >= 4 is 5.82 Å². The molecule has 6 heteroatoms. The Hall–Kier alpha value is -1.30. The van der Waals surface area contributed by atoms with Crippen LogP contribution in [0.2, 0.25) is 0 Å². The van der Waals surface area contributed by atoms with E-state index in [0.29, 0.717) is 17.7 Å². The number of hydrogen-bond acceptors (Lipinski definition) is 3. The molecule has 0 spiro atoms. The molecule has 1 saturated carbocycles. The number of halogens is 3. The van der Waals surface area contributed by atoms with Gasteiger partial charge >= 0.3 is 6.18 Å². The van der Waals surface area contributed by atoms with Crippen molar-refractivity contribution in [1.82, 2.24) is 4.98 Å². The Bertz CT molecular complexity index is 474. The van der Waals surface area contributed by atoms with Crippen LogP contribution in [0.5, 0.6) is 0 Å². The van der Waals surface area contributed by atoms with Gasteiger partial charge in [-0.15, -0.1) is 0 Å². The maximum absolute atomic E-state index is 12.6. The molecule has 0 bridgehead atoms. The molecule has 3 rings (SSSR count). The van der Waals surface area contributed by atoms with Gasteiger partial charge in [-0.3, -0.25) is 0 Å². The van der Waals surface area contributed by atoms with Crippen LogP contribution in [0.1, 0.15) is 18.5 Å². The molecule has 2 N–H and O–H groups in total. The molecule has 0 amide bonds. The first kappa shape index (κ1) is 12.7. The van der Waals surface area contributed by atoms with Gasteiger partial charge in [-0.2, -0.15) is 13.2 Å². The van der Waals surface area contributed by atoms with E-state index in [9.17, 15) is 13.2 Å². The predicted molar refractivity (Wildman–Crippen MR) is 65.6 cm³/mol. The van der Waals surface area contributed by atoms with Crippen LogP contribution in [0.4, 0.5) is 19.0 Å². The van der Waals surface area contributed by atoms with Crippen LogP contribution < -0.4 is 10.6 Å². The van der Waals surface area contributed by atoms with E-state index in [-0.39, 0.29) is 6.04 Å². The summed E-state index contributed by atoms with van der Waals surface area (Å²) in [6.45, 7) is 1.49. The van der Waals surface area contributed by atoms with Gasteiger partial charge < -0.3 is 10.6 Å². The zero-order chi connectivity index (χ0) is 13.6. The molecule has 1 aromatic rings. The minimum absolute atomic E-state index is 0.181. The number of aromatic nitrogens is 1. The summed E-state index contributed by atoms with van der Waals surface area (Å²) in [5, 5.41) is 0. The predicted octanol–water partition coefficient (Wildman–Crippen LogP) is 2.27. The number of nitrogens with two attached hydrogens (primary N) is 1. The number of fused-ring (bicyclic) bond motifs is 1. The third-order valence-corrected chi connectivity index (χ3v) is 4.26. The highest BCUT2D eigenvalue weighted by atomic mass is 19.4. The molecular weight excluding hydrogens is 255 g/mol. The summed E-state index contributed by atoms with van der Waals surface area (Å²) in [6, 6.07) is 4.24. The van der Waals surface area contributed by atoms with E-state index in [4.69, 9.17) is 5.73 Å². The zero-order valence-corrected chi connectivity index (χ0v) is 10.4. The standard InChI is InChI=1S/C13H16F3N3/c14-13(15,16)11-2-1-3-12(18-11)19-6-8-4-5-10(17)9(8)7-19/h1-3,8-10H,4-7,17H2/t8-,9?,10?/m1/s1. The lowest BCUT2D eigenvalue weighted by atomic mass is 9.98. The van der Waals surface area contributed by atoms with Crippen molar-refractivity contribution in [1.29, 1.82) is 0 Å². The number of pyridine rings is 1. The molecule has 3 atom stereocenters. The number of nitrogens with zero attached hydrogens (tertiary/aromatic N) is 2. The first-order valence-corrected chi connectivity index (χ1v) is 6.50. The van der Waals surface area contributed by atoms with E-state index in [1.54, 1.807) is 6.07 Å². The highest BCUT2D eigenvalue weighted by Crippen LogP contribution is 2.39. The molecule has 2 heterocycles. The van der Waals surface area contributed by atoms with E-state index >= 15 is 0 Å². The van der Waals surface area contributed by atoms with Crippen LogP contribution in [0.25, 0.3) is 0 Å². The Balaban J connectivity index is 1.81. The second kappa shape index (κ2) is 4.37. The molecule has 104 valence electrons. The summed E-state index contributed by atoms with van der Waals surface area (Å²) in [6.07, 6.45) is -2.29. The summed E-state index contributed by atoms with van der Waals surface area (Å²) >= 11 is 0. The molecule has 1 aromatic heterocycles. The minimum Gasteiger partial charge on any atom is -0.356 e. The molecular formula is C13H16F3N3. The average Bonchev–Trinajstić information content (AvgIpc) is 2.91. The molecule has 0 radical (unpaired) electrons. The van der Waals surface area contributed by atoms with Gasteiger partial charge in [0, 0.05) is 19.1 Å². The highest BCUT2D eigenvalue weighted by Gasteiger charge is 2.41. The monoisotopic (exact) mass is 271 g/mol. The van der Waals surface area contributed by atoms with E-state index in [1.165, 1.54) is 6.07 Å². The highest BCUT2D eigenvalue weighted by molar-refractivity contribution is 5.41. The normalized spacial score (nSPS) is 30.7. The van der Waals surface area contributed by atoms with Gasteiger partial charge in [-0.05, 0) is 36.8 Å². The van der Waals surface area contributed by atoms with Crippen LogP contribution in [-0.4, -0.2) is 24.1 Å². The molecule has 19 heavy (non-hydrogen) atoms. The van der Waals surface area contributed by atoms with Crippen molar-refractivity contribution in [2.75, 3.05) is 18.0 Å². The average molecular weight is 271 g/mol. The van der Waals surface area contributed by atoms with Crippen LogP contribution in [0, 0.1) is 11.8 Å². The lowest BCUT2D eigenvalue weighted by molar-refractivity contribution is -0.141. The minimum atomic E-state index is -4.39. The first-order valence-electron chi connectivity index (χ1n) is 6.50. The first-order chi connectivity index (χ1) is 8.95. The quantitative estimate of drug-likeness (QED) is 0.852. The molecule has 1 aliphatic carbocycles. The van der Waals surface area contributed by atoms with Crippen molar-refractivity contribution in [3.8, 4) is 0 Å². The van der Waals surface area contributed by atoms with Gasteiger partial charge in [-0.1, -0.05) is 6.07 Å². The maximum Gasteiger partial charge on any atom is 0.433 e. The van der Waals surface area contributed by atoms with Gasteiger partial charge in [-0.25, -0.2) is 4.98 Å². The number of hydrogen-bond donors (Lipinski definition) is 1. The topological polar surface area (TPSA) is 42.1 Å². The second-order valence-corrected chi connectivity index (χ2v) is 5.45. The summed E-state index contributed by atoms with van der Waals surface area (Å²) in [7, 11) is 0. The third-order valence-electron chi connectivity index (χ3n) is 4.26. The molecule has 0 aromatic carbocycles. The van der Waals surface area contributed by atoms with Crippen LogP contribution in [0.15, 0.2) is 18.2 Å². The van der Waals surface area contributed by atoms with Crippen molar-refractivity contribution in [3.05, 3.63) is 23.9 Å². The third kappa shape index (κ3) is 2.29. The van der Waals surface area contributed by atoms with Gasteiger partial charge in [0.05, 0.1) is 0 Å². The van der Waals surface area contributed by atoms with Crippen LogP contribution >= 0.6 is 0 Å². The van der Waals surface area contributed by atoms with Crippen molar-refractivity contribution in [3.63, 3.8) is 0 Å². The Morgan fingerprint density at radius 2 is 2.00 bits per heavy atom. The molecule has 1 aliphatic heterocycles. The molecule has 1 saturated heterocycles. The number of alkyl halides is 3. The fourth-order valence-electron chi connectivity index (χ4n) is 3.25. The molecule has 3 nitrogen and oxygen atoms in total. The largest absolute Gasteiger partial charge is 0.433 e. The summed E-state index contributed by atoms with van der Waals surface area (Å²) < 4.78 is 37.9. The smallest absolute Gasteiger partial charge is 0.356 e. The maximum atomic E-state index is 12.6. The van der Waals surface area contributed by atoms with Gasteiger partial charge in [0.1, 0.15) is 11.5 Å². The molecule has 2 unspecified atom stereocenters. The summed E-state index contributed by atoms with van der Waals surface area (Å²) in [5.74, 6) is 1.32. The van der Waals surface area contributed by atoms with Gasteiger partial charge in [0.25, 0.3) is 0 Å². The Labute approximate surface area is 109 Å². The van der Waals surface area contributed by atoms with Gasteiger partial charge in [0.2, 0.25) is 0 Å². The summed E-state index contributed by atoms with van der Waals surface area (Å²) in [4.78, 5) is 5.67. The summed E-state index contributed by atoms with van der Waals surface area (Å²) in [5.41, 5.74) is 5.20. The zero-order valence-electron chi connectivity index (χ0n) is 10.4. The van der Waals surface area contributed by atoms with Gasteiger partial charge in [0.15, 0.2) is 0 Å². The van der Waals surface area contributed by atoms with E-state index < -0.39 is 11.9 Å². The Kier molecular flexibility index (Phi) is 2.92. The van der Waals surface area contributed by atoms with Crippen molar-refractivity contribution in [2.24, 2.45) is 17.6 Å². The number of anilines is 1. The van der Waals surface area contributed by atoms with Crippen molar-refractivity contribution in [2.45, 2.75) is 25.1 Å². The van der Waals surface area contributed by atoms with E-state index in [1.807, 2.05) is 4.90 Å². The van der Waals surface area contributed by atoms with Crippen LogP contribution in [-0.2, 0) is 6.18 Å². The molecule has 2 aliphatic rings. The second-order valence-electron chi connectivity index (χ2n) is 5.45. The van der Waals surface area contributed by atoms with Crippen molar-refractivity contribution < 1.29 is 13.2 Å². The SMILES string of the molecule is NC1CC[C@@H]2CN(c3cccc(C(F)(F)F)n3)CC12. The lowest BCUT2D eigenvalue weighted by Gasteiger charge is -2.20. The molecule has 2 fully saturated rings. The Morgan fingerprint density at radius 1 is 1.21 bits per heavy atom. The lowest BCUT2D eigenvalue weighted by Crippen LogP contribution is -2.30. The van der Waals surface area contributed by atoms with Crippen LogP contribution in [0.3, 0.4) is 0 Å². The van der Waals surface area contributed by atoms with E-state index in [0.717, 1.165) is 32.0 Å². The Morgan fingerprint density at radius 3 is 2.68 bits per heavy atom.